The van der Waals surface area contributed by atoms with Crippen LogP contribution in [0.2, 0.25) is 0 Å². The lowest BCUT2D eigenvalue weighted by molar-refractivity contribution is -0.152. The van der Waals surface area contributed by atoms with Gasteiger partial charge in [-0.3, -0.25) is 43.2 Å². The number of carboxylic acid groups (broad SMARTS) is 2. The monoisotopic (exact) mass is 968 g/mol. The number of aromatic amines is 1. The summed E-state index contributed by atoms with van der Waals surface area (Å²) in [5.41, 5.74) is 11.3. The number of hydrogen-bond acceptors (Lipinski definition) is 17. The van der Waals surface area contributed by atoms with Gasteiger partial charge in [0.05, 0.1) is 43.9 Å². The number of hydrogen-bond donors (Lipinski definition) is 15. The lowest BCUT2D eigenvalue weighted by Crippen LogP contribution is -2.63. The molecule has 0 saturated carbocycles. The Bertz CT molecular complexity index is 1940. The number of nitrogens with zero attached hydrogens (tertiary/aromatic N) is 3. The summed E-state index contributed by atoms with van der Waals surface area (Å²) in [6, 6.07) is -14.0. The van der Waals surface area contributed by atoms with Crippen molar-refractivity contribution in [3.05, 3.63) is 18.2 Å². The fourth-order valence-corrected chi connectivity index (χ4v) is 7.59. The molecule has 68 heavy (non-hydrogen) atoms. The molecule has 3 heterocycles. The number of aliphatic hydroxyl groups is 4. The van der Waals surface area contributed by atoms with E-state index in [-0.39, 0.29) is 57.4 Å². The molecular weight excluding hydrogens is 905 g/mol. The van der Waals surface area contributed by atoms with Gasteiger partial charge in [-0.25, -0.2) is 9.78 Å². The predicted molar refractivity (Wildman–Crippen MR) is 232 cm³/mol. The lowest BCUT2D eigenvalue weighted by Gasteiger charge is -2.32. The summed E-state index contributed by atoms with van der Waals surface area (Å²) in [5.74, 6) is -10.9. The summed E-state index contributed by atoms with van der Waals surface area (Å²) in [6.07, 6.45) is -0.415. The fourth-order valence-electron chi connectivity index (χ4n) is 7.59. The number of amides is 8. The van der Waals surface area contributed by atoms with Crippen LogP contribution in [-0.2, 0) is 54.4 Å². The quantitative estimate of drug-likeness (QED) is 0.0364. The number of carbonyl (C=O) groups is 10. The van der Waals surface area contributed by atoms with E-state index >= 15 is 0 Å². The zero-order chi connectivity index (χ0) is 50.8. The molecule has 0 spiro atoms. The molecule has 2 aliphatic rings. The third-order valence-corrected chi connectivity index (χ3v) is 11.3. The smallest absolute Gasteiger partial charge is 0.326 e. The highest BCUT2D eigenvalue weighted by atomic mass is 16.4. The first-order valence-corrected chi connectivity index (χ1v) is 22.0. The number of H-pyrrole nitrogens is 1. The van der Waals surface area contributed by atoms with Crippen LogP contribution in [0.15, 0.2) is 12.5 Å². The maximum atomic E-state index is 13.9. The summed E-state index contributed by atoms with van der Waals surface area (Å²) >= 11 is 0. The molecule has 17 N–H and O–H groups in total. The van der Waals surface area contributed by atoms with Gasteiger partial charge in [0.25, 0.3) is 0 Å². The molecule has 0 aliphatic carbocycles. The van der Waals surface area contributed by atoms with E-state index in [1.54, 1.807) is 0 Å². The molecule has 0 radical (unpaired) electrons. The second-order valence-corrected chi connectivity index (χ2v) is 16.5. The second-order valence-electron chi connectivity index (χ2n) is 16.5. The number of aliphatic carboxylic acids is 2. The molecule has 11 atom stereocenters. The molecule has 28 heteroatoms. The van der Waals surface area contributed by atoms with E-state index in [0.29, 0.717) is 19.3 Å². The van der Waals surface area contributed by atoms with Gasteiger partial charge in [0.1, 0.15) is 54.4 Å². The van der Waals surface area contributed by atoms with Crippen LogP contribution in [0.3, 0.4) is 0 Å². The van der Waals surface area contributed by atoms with Gasteiger partial charge < -0.3 is 88.8 Å². The Morgan fingerprint density at radius 3 is 1.75 bits per heavy atom. The van der Waals surface area contributed by atoms with Crippen molar-refractivity contribution < 1.29 is 78.6 Å². The van der Waals surface area contributed by atoms with Gasteiger partial charge in [-0.15, -0.1) is 0 Å². The summed E-state index contributed by atoms with van der Waals surface area (Å²) in [6.45, 7) is 0.807. The Morgan fingerprint density at radius 2 is 1.24 bits per heavy atom. The first kappa shape index (κ1) is 56.0. The first-order valence-electron chi connectivity index (χ1n) is 22.0. The predicted octanol–water partition coefficient (Wildman–Crippen LogP) is -7.40. The molecule has 0 unspecified atom stereocenters. The zero-order valence-electron chi connectivity index (χ0n) is 37.7. The highest BCUT2D eigenvalue weighted by Gasteiger charge is 2.44. The van der Waals surface area contributed by atoms with E-state index in [4.69, 9.17) is 11.5 Å². The Balaban J connectivity index is 1.80. The number of carbonyl (C=O) groups excluding carboxylic acids is 8. The number of carboxylic acids is 2. The number of nitrogens with two attached hydrogens (primary N) is 2. The molecule has 0 aromatic carbocycles. The van der Waals surface area contributed by atoms with E-state index in [1.807, 2.05) is 0 Å². The summed E-state index contributed by atoms with van der Waals surface area (Å²) in [4.78, 5) is 140. The number of rotatable bonds is 27. The van der Waals surface area contributed by atoms with Gasteiger partial charge in [0.15, 0.2) is 0 Å². The second kappa shape index (κ2) is 26.9. The number of aliphatic hydroxyl groups excluding tert-OH is 4. The molecule has 2 aliphatic heterocycles. The number of unbranched alkanes of at least 4 members (excludes halogenated alkanes) is 1. The number of likely N-dealkylation sites (tertiary alicyclic amines) is 2. The topological polar surface area (TPSA) is 451 Å². The number of nitrogens with one attached hydrogen (secondary N) is 7. The zero-order valence-corrected chi connectivity index (χ0v) is 37.7. The average molecular weight is 969 g/mol. The average Bonchev–Trinajstić information content (AvgIpc) is 4.10. The van der Waals surface area contributed by atoms with Gasteiger partial charge in [-0.05, 0) is 65.3 Å². The third-order valence-electron chi connectivity index (χ3n) is 11.3. The highest BCUT2D eigenvalue weighted by molar-refractivity contribution is 5.99. The molecule has 1 aromatic rings. The van der Waals surface area contributed by atoms with Gasteiger partial charge in [0.2, 0.25) is 47.3 Å². The molecule has 2 saturated heterocycles. The maximum absolute atomic E-state index is 13.9. The van der Waals surface area contributed by atoms with Crippen molar-refractivity contribution in [2.75, 3.05) is 32.8 Å². The van der Waals surface area contributed by atoms with E-state index < -0.39 is 145 Å². The van der Waals surface area contributed by atoms with Crippen molar-refractivity contribution in [1.29, 1.82) is 0 Å². The minimum Gasteiger partial charge on any atom is -0.481 e. The molecule has 380 valence electrons. The summed E-state index contributed by atoms with van der Waals surface area (Å²) < 4.78 is 0. The van der Waals surface area contributed by atoms with Crippen molar-refractivity contribution in [3.8, 4) is 0 Å². The normalized spacial score (nSPS) is 19.7. The number of aromatic nitrogens is 2. The highest BCUT2D eigenvalue weighted by Crippen LogP contribution is 2.25. The summed E-state index contributed by atoms with van der Waals surface area (Å²) in [5, 5.41) is 73.5. The lowest BCUT2D eigenvalue weighted by atomic mass is 10.0. The standard InChI is InChI=1S/C40H64N12O16/c1-19(55)30(49-33(60)23(7-3-4-10-41)45-34(61)25(14-29(57)58)46-32(59)22(42)16-53)36(63)47-24(13-21-15-43-18-44-21)35(62)50-31(20(2)56)37(64)48-26(17-54)38(65)51-11-5-8-27(51)39(66)52-12-6-9-28(52)40(67)68/h15,18-20,22-28,30-31,53-56H,3-14,16-17,41-42H2,1-2H3,(H,43,44)(H,45,61)(H,46,59)(H,47,63)(H,48,64)(H,49,60)(H,50,62)(H,57,58)(H,67,68)/t19-,20-,22+,23+,24+,25+,26+,27+,28+,30+,31+/m1/s1. The minimum atomic E-state index is -1.85. The van der Waals surface area contributed by atoms with Crippen LogP contribution in [0, 0.1) is 0 Å². The van der Waals surface area contributed by atoms with E-state index in [2.05, 4.69) is 41.9 Å². The van der Waals surface area contributed by atoms with E-state index in [9.17, 15) is 78.6 Å². The van der Waals surface area contributed by atoms with Crippen molar-refractivity contribution in [2.45, 2.75) is 138 Å². The molecular formula is C40H64N12O16. The van der Waals surface area contributed by atoms with Crippen LogP contribution in [0.5, 0.6) is 0 Å². The van der Waals surface area contributed by atoms with E-state index in [1.165, 1.54) is 17.4 Å². The van der Waals surface area contributed by atoms with Crippen molar-refractivity contribution in [1.82, 2.24) is 51.7 Å². The molecule has 0 bridgehead atoms. The maximum Gasteiger partial charge on any atom is 0.326 e. The van der Waals surface area contributed by atoms with Gasteiger partial charge in [-0.2, -0.15) is 0 Å². The van der Waals surface area contributed by atoms with Crippen LogP contribution in [0.4, 0.5) is 0 Å². The fraction of sp³-hybridized carbons (Fsp3) is 0.675. The largest absolute Gasteiger partial charge is 0.481 e. The number of imidazole rings is 1. The van der Waals surface area contributed by atoms with Crippen molar-refractivity contribution in [3.63, 3.8) is 0 Å². The summed E-state index contributed by atoms with van der Waals surface area (Å²) in [7, 11) is 0. The van der Waals surface area contributed by atoms with Gasteiger partial charge in [0, 0.05) is 25.7 Å². The molecule has 3 rings (SSSR count). The Labute approximate surface area is 389 Å². The van der Waals surface area contributed by atoms with Crippen LogP contribution in [-0.4, -0.2) is 209 Å². The third kappa shape index (κ3) is 15.9. The Kier molecular flexibility index (Phi) is 22.1. The first-order chi connectivity index (χ1) is 32.1. The molecule has 8 amide bonds. The molecule has 28 nitrogen and oxygen atoms in total. The van der Waals surface area contributed by atoms with Gasteiger partial charge in [-0.1, -0.05) is 0 Å². The molecule has 1 aromatic heterocycles. The van der Waals surface area contributed by atoms with Crippen LogP contribution in [0.25, 0.3) is 0 Å². The van der Waals surface area contributed by atoms with Gasteiger partial charge >= 0.3 is 11.9 Å². The van der Waals surface area contributed by atoms with Crippen molar-refractivity contribution >= 4 is 59.2 Å². The van der Waals surface area contributed by atoms with Crippen LogP contribution < -0.4 is 43.4 Å². The van der Waals surface area contributed by atoms with Crippen molar-refractivity contribution in [2.24, 2.45) is 11.5 Å². The SMILES string of the molecule is C[C@@H](O)[C@H](NC(=O)[C@H](CCCCN)NC(=O)[C@H](CC(=O)O)NC(=O)[C@@H](N)CO)C(=O)N[C@@H](Cc1c[nH]cn1)C(=O)N[C@H](C(=O)N[C@@H](CO)C(=O)N1CCC[C@H]1C(=O)N1CCC[C@H]1C(=O)O)[C@@H](C)O. The van der Waals surface area contributed by atoms with Crippen LogP contribution >= 0.6 is 0 Å². The Hall–Kier alpha value is -6.33. The molecule has 2 fully saturated rings. The minimum absolute atomic E-state index is 0.0461. The van der Waals surface area contributed by atoms with Crippen LogP contribution in [0.1, 0.15) is 70.9 Å². The Morgan fingerprint density at radius 1 is 0.706 bits per heavy atom. The van der Waals surface area contributed by atoms with E-state index in [0.717, 1.165) is 18.7 Å².